The minimum absolute atomic E-state index is 0.112. The Kier molecular flexibility index (Phi) is 5.05. The number of carboxylic acid groups (broad SMARTS) is 1. The highest BCUT2D eigenvalue weighted by molar-refractivity contribution is 9.10. The molecule has 2 N–H and O–H groups in total. The zero-order valence-corrected chi connectivity index (χ0v) is 10.6. The first-order chi connectivity index (χ1) is 8.04. The standard InChI is InChI=1S/C10H11BrN2O4/c1-17-7(10(15)16)5-12-9(14)6-3-2-4-8(11)13-6/h2-4,7H,5H2,1H3,(H,12,14)(H,15,16). The third-order valence-corrected chi connectivity index (χ3v) is 2.40. The number of carbonyl (C=O) groups excluding carboxylic acids is 1. The molecule has 17 heavy (non-hydrogen) atoms. The van der Waals surface area contributed by atoms with E-state index in [0.29, 0.717) is 4.60 Å². The molecule has 0 spiro atoms. The molecule has 0 saturated heterocycles. The van der Waals surface area contributed by atoms with Crippen LogP contribution >= 0.6 is 15.9 Å². The predicted molar refractivity (Wildman–Crippen MR) is 62.7 cm³/mol. The molecule has 7 heteroatoms. The normalized spacial score (nSPS) is 11.9. The van der Waals surface area contributed by atoms with Crippen molar-refractivity contribution < 1.29 is 19.4 Å². The van der Waals surface area contributed by atoms with E-state index in [9.17, 15) is 9.59 Å². The maximum atomic E-state index is 11.6. The van der Waals surface area contributed by atoms with Crippen LogP contribution in [-0.2, 0) is 9.53 Å². The van der Waals surface area contributed by atoms with Crippen LogP contribution in [0.25, 0.3) is 0 Å². The minimum Gasteiger partial charge on any atom is -0.479 e. The van der Waals surface area contributed by atoms with E-state index in [1.54, 1.807) is 12.1 Å². The molecular formula is C10H11BrN2O4. The van der Waals surface area contributed by atoms with E-state index in [4.69, 9.17) is 5.11 Å². The van der Waals surface area contributed by atoms with Gasteiger partial charge in [0.2, 0.25) is 0 Å². The number of ether oxygens (including phenoxy) is 1. The summed E-state index contributed by atoms with van der Waals surface area (Å²) in [6.45, 7) is -0.112. The molecule has 92 valence electrons. The Morgan fingerprint density at radius 1 is 1.59 bits per heavy atom. The van der Waals surface area contributed by atoms with E-state index in [1.807, 2.05) is 0 Å². The summed E-state index contributed by atoms with van der Waals surface area (Å²) < 4.78 is 5.21. The number of carbonyl (C=O) groups is 2. The Bertz CT molecular complexity index is 425. The average molecular weight is 303 g/mol. The summed E-state index contributed by atoms with van der Waals surface area (Å²) in [5, 5.41) is 11.1. The van der Waals surface area contributed by atoms with E-state index in [0.717, 1.165) is 0 Å². The van der Waals surface area contributed by atoms with Gasteiger partial charge in [-0.2, -0.15) is 0 Å². The summed E-state index contributed by atoms with van der Waals surface area (Å²) >= 11 is 3.14. The molecule has 6 nitrogen and oxygen atoms in total. The van der Waals surface area contributed by atoms with Crippen LogP contribution in [0.3, 0.4) is 0 Å². The fourth-order valence-corrected chi connectivity index (χ4v) is 1.43. The number of rotatable bonds is 5. The van der Waals surface area contributed by atoms with Crippen molar-refractivity contribution in [2.75, 3.05) is 13.7 Å². The summed E-state index contributed by atoms with van der Waals surface area (Å²) in [4.78, 5) is 26.2. The molecule has 1 heterocycles. The van der Waals surface area contributed by atoms with Crippen LogP contribution < -0.4 is 5.32 Å². The van der Waals surface area contributed by atoms with Crippen molar-refractivity contribution in [3.63, 3.8) is 0 Å². The number of hydrogen-bond donors (Lipinski definition) is 2. The van der Waals surface area contributed by atoms with Gasteiger partial charge in [-0.1, -0.05) is 6.07 Å². The number of amides is 1. The van der Waals surface area contributed by atoms with E-state index in [-0.39, 0.29) is 12.2 Å². The van der Waals surface area contributed by atoms with E-state index >= 15 is 0 Å². The van der Waals surface area contributed by atoms with Crippen LogP contribution in [0.4, 0.5) is 0 Å². The van der Waals surface area contributed by atoms with Crippen molar-refractivity contribution in [2.24, 2.45) is 0 Å². The molecular weight excluding hydrogens is 292 g/mol. The molecule has 0 aromatic carbocycles. The number of carboxylic acids is 1. The SMILES string of the molecule is COC(CNC(=O)c1cccc(Br)n1)C(=O)O. The molecule has 0 bridgehead atoms. The summed E-state index contributed by atoms with van der Waals surface area (Å²) in [6.07, 6.45) is -1.06. The number of hydrogen-bond acceptors (Lipinski definition) is 4. The Hall–Kier alpha value is -1.47. The van der Waals surface area contributed by atoms with Crippen molar-refractivity contribution in [1.29, 1.82) is 0 Å². The first-order valence-electron chi connectivity index (χ1n) is 4.71. The fourth-order valence-electron chi connectivity index (χ4n) is 1.08. The molecule has 1 aromatic rings. The van der Waals surface area contributed by atoms with Crippen LogP contribution in [0.2, 0.25) is 0 Å². The lowest BCUT2D eigenvalue weighted by atomic mass is 10.3. The minimum atomic E-state index is -1.13. The second-order valence-electron chi connectivity index (χ2n) is 3.12. The Morgan fingerprint density at radius 3 is 2.82 bits per heavy atom. The van der Waals surface area contributed by atoms with Crippen LogP contribution in [0.15, 0.2) is 22.8 Å². The lowest BCUT2D eigenvalue weighted by molar-refractivity contribution is -0.148. The molecule has 1 atom stereocenters. The number of aliphatic carboxylic acids is 1. The fraction of sp³-hybridized carbons (Fsp3) is 0.300. The first kappa shape index (κ1) is 13.6. The predicted octanol–water partition coefficient (Wildman–Crippen LogP) is 0.674. The maximum Gasteiger partial charge on any atom is 0.334 e. The van der Waals surface area contributed by atoms with Gasteiger partial charge in [-0.25, -0.2) is 9.78 Å². The molecule has 0 aliphatic heterocycles. The summed E-state index contributed by atoms with van der Waals surface area (Å²) in [5.74, 6) is -1.58. The Morgan fingerprint density at radius 2 is 2.29 bits per heavy atom. The van der Waals surface area contributed by atoms with Gasteiger partial charge in [-0.3, -0.25) is 4.79 Å². The largest absolute Gasteiger partial charge is 0.479 e. The first-order valence-corrected chi connectivity index (χ1v) is 5.50. The van der Waals surface area contributed by atoms with Crippen LogP contribution in [0.1, 0.15) is 10.5 Å². The monoisotopic (exact) mass is 302 g/mol. The average Bonchev–Trinajstić information content (AvgIpc) is 2.29. The number of methoxy groups -OCH3 is 1. The van der Waals surface area contributed by atoms with Crippen molar-refractivity contribution >= 4 is 27.8 Å². The summed E-state index contributed by atoms with van der Waals surface area (Å²) in [6, 6.07) is 4.88. The van der Waals surface area contributed by atoms with Gasteiger partial charge in [0, 0.05) is 7.11 Å². The van der Waals surface area contributed by atoms with Crippen molar-refractivity contribution in [3.05, 3.63) is 28.5 Å². The summed E-state index contributed by atoms with van der Waals surface area (Å²) in [7, 11) is 1.27. The third kappa shape index (κ3) is 4.12. The highest BCUT2D eigenvalue weighted by atomic mass is 79.9. The van der Waals surface area contributed by atoms with Gasteiger partial charge in [0.05, 0.1) is 6.54 Å². The lowest BCUT2D eigenvalue weighted by Gasteiger charge is -2.11. The van der Waals surface area contributed by atoms with Gasteiger partial charge in [0.1, 0.15) is 10.3 Å². The number of nitrogens with zero attached hydrogens (tertiary/aromatic N) is 1. The second kappa shape index (κ2) is 6.31. The van der Waals surface area contributed by atoms with Crippen molar-refractivity contribution in [3.8, 4) is 0 Å². The number of halogens is 1. The van der Waals surface area contributed by atoms with Crippen LogP contribution in [0.5, 0.6) is 0 Å². The van der Waals surface area contributed by atoms with Gasteiger partial charge >= 0.3 is 5.97 Å². The molecule has 0 saturated carbocycles. The molecule has 0 fully saturated rings. The van der Waals surface area contributed by atoms with Gasteiger partial charge in [-0.15, -0.1) is 0 Å². The van der Waals surface area contributed by atoms with Gasteiger partial charge in [-0.05, 0) is 28.1 Å². The third-order valence-electron chi connectivity index (χ3n) is 1.96. The molecule has 0 aliphatic rings. The molecule has 0 radical (unpaired) electrons. The summed E-state index contributed by atoms with van der Waals surface area (Å²) in [5.41, 5.74) is 0.208. The Labute approximate surface area is 106 Å². The lowest BCUT2D eigenvalue weighted by Crippen LogP contribution is -2.38. The molecule has 1 amide bonds. The topological polar surface area (TPSA) is 88.5 Å². The van der Waals surface area contributed by atoms with Gasteiger partial charge in [0.15, 0.2) is 6.10 Å². The number of nitrogens with one attached hydrogen (secondary N) is 1. The molecule has 0 aliphatic carbocycles. The number of aromatic nitrogens is 1. The molecule has 1 unspecified atom stereocenters. The van der Waals surface area contributed by atoms with Crippen LogP contribution in [-0.4, -0.2) is 41.7 Å². The number of pyridine rings is 1. The highest BCUT2D eigenvalue weighted by Crippen LogP contribution is 2.06. The highest BCUT2D eigenvalue weighted by Gasteiger charge is 2.18. The maximum absolute atomic E-state index is 11.6. The zero-order chi connectivity index (χ0) is 12.8. The molecule has 1 rings (SSSR count). The Balaban J connectivity index is 2.58. The van der Waals surface area contributed by atoms with Crippen molar-refractivity contribution in [1.82, 2.24) is 10.3 Å². The van der Waals surface area contributed by atoms with Gasteiger partial charge in [0.25, 0.3) is 5.91 Å². The van der Waals surface area contributed by atoms with Crippen LogP contribution in [0, 0.1) is 0 Å². The van der Waals surface area contributed by atoms with Crippen molar-refractivity contribution in [2.45, 2.75) is 6.10 Å². The zero-order valence-electron chi connectivity index (χ0n) is 9.01. The van der Waals surface area contributed by atoms with E-state index in [2.05, 4.69) is 31.0 Å². The quantitative estimate of drug-likeness (QED) is 0.781. The van der Waals surface area contributed by atoms with E-state index in [1.165, 1.54) is 13.2 Å². The van der Waals surface area contributed by atoms with E-state index < -0.39 is 18.0 Å². The van der Waals surface area contributed by atoms with Gasteiger partial charge < -0.3 is 15.2 Å². The second-order valence-corrected chi connectivity index (χ2v) is 3.93. The molecule has 1 aromatic heterocycles. The smallest absolute Gasteiger partial charge is 0.334 e.